The lowest BCUT2D eigenvalue weighted by Crippen LogP contribution is -2.24. The van der Waals surface area contributed by atoms with E-state index in [1.807, 2.05) is 13.8 Å². The van der Waals surface area contributed by atoms with E-state index in [1.54, 1.807) is 0 Å². The van der Waals surface area contributed by atoms with Crippen LogP contribution in [0.4, 0.5) is 10.1 Å². The minimum Gasteiger partial charge on any atom is -0.494 e. The molecule has 21 heavy (non-hydrogen) atoms. The van der Waals surface area contributed by atoms with Gasteiger partial charge in [0.25, 0.3) is 0 Å². The average Bonchev–Trinajstić information content (AvgIpc) is 2.37. The zero-order valence-corrected chi connectivity index (χ0v) is 13.5. The Labute approximate surface area is 125 Å². The third-order valence-corrected chi connectivity index (χ3v) is 4.19. The van der Waals surface area contributed by atoms with Crippen molar-refractivity contribution in [2.24, 2.45) is 0 Å². The molecule has 0 unspecified atom stereocenters. The molecule has 1 rings (SSSR count). The molecular weight excluding hydrogens is 295 g/mol. The topological polar surface area (TPSA) is 67.4 Å². The highest BCUT2D eigenvalue weighted by molar-refractivity contribution is 7.92. The van der Waals surface area contributed by atoms with Crippen LogP contribution in [0.1, 0.15) is 26.7 Å². The van der Waals surface area contributed by atoms with Gasteiger partial charge in [0.2, 0.25) is 10.0 Å². The molecule has 0 amide bonds. The van der Waals surface area contributed by atoms with Crippen LogP contribution in [0.25, 0.3) is 0 Å². The number of sulfonamides is 1. The van der Waals surface area contributed by atoms with Gasteiger partial charge in [-0.3, -0.25) is 4.72 Å². The molecule has 0 atom stereocenters. The van der Waals surface area contributed by atoms with Crippen molar-refractivity contribution in [3.8, 4) is 5.75 Å². The molecule has 0 aliphatic heterocycles. The van der Waals surface area contributed by atoms with Gasteiger partial charge in [0.05, 0.1) is 18.6 Å². The summed E-state index contributed by atoms with van der Waals surface area (Å²) in [4.78, 5) is 0. The summed E-state index contributed by atoms with van der Waals surface area (Å²) < 4.78 is 44.4. The smallest absolute Gasteiger partial charge is 0.232 e. The highest BCUT2D eigenvalue weighted by Crippen LogP contribution is 2.21. The van der Waals surface area contributed by atoms with Crippen molar-refractivity contribution in [2.75, 3.05) is 24.1 Å². The fourth-order valence-corrected chi connectivity index (χ4v) is 2.94. The van der Waals surface area contributed by atoms with Gasteiger partial charge in [-0.15, -0.1) is 0 Å². The van der Waals surface area contributed by atoms with E-state index >= 15 is 0 Å². The standard InChI is InChI=1S/C14H23FN2O3S/c1-11(2)16-8-4-5-9-21(18,19)17-12-6-7-14(20-3)13(15)10-12/h6-7,10-11,16-17H,4-5,8-9H2,1-3H3. The molecule has 0 saturated heterocycles. The number of benzene rings is 1. The number of hydrogen-bond acceptors (Lipinski definition) is 4. The maximum absolute atomic E-state index is 13.5. The summed E-state index contributed by atoms with van der Waals surface area (Å²) in [5.41, 5.74) is 0.202. The number of hydrogen-bond donors (Lipinski definition) is 2. The van der Waals surface area contributed by atoms with Crippen LogP contribution in [0.15, 0.2) is 18.2 Å². The van der Waals surface area contributed by atoms with Gasteiger partial charge in [-0.1, -0.05) is 13.8 Å². The maximum Gasteiger partial charge on any atom is 0.232 e. The molecule has 0 spiro atoms. The largest absolute Gasteiger partial charge is 0.494 e. The lowest BCUT2D eigenvalue weighted by atomic mass is 10.3. The Morgan fingerprint density at radius 1 is 1.29 bits per heavy atom. The second-order valence-electron chi connectivity index (χ2n) is 5.09. The summed E-state index contributed by atoms with van der Waals surface area (Å²) in [6.07, 6.45) is 1.32. The number of ether oxygens (including phenoxy) is 1. The summed E-state index contributed by atoms with van der Waals surface area (Å²) in [5.74, 6) is -0.503. The van der Waals surface area contributed by atoms with E-state index in [9.17, 15) is 12.8 Å². The van der Waals surface area contributed by atoms with Gasteiger partial charge in [0.15, 0.2) is 11.6 Å². The van der Waals surface area contributed by atoms with Gasteiger partial charge in [-0.25, -0.2) is 12.8 Å². The zero-order valence-electron chi connectivity index (χ0n) is 12.6. The Bertz CT molecular complexity index is 547. The van der Waals surface area contributed by atoms with Crippen molar-refractivity contribution in [3.05, 3.63) is 24.0 Å². The van der Waals surface area contributed by atoms with Crippen molar-refractivity contribution in [3.63, 3.8) is 0 Å². The first-order valence-electron chi connectivity index (χ1n) is 6.91. The van der Waals surface area contributed by atoms with Gasteiger partial charge in [0.1, 0.15) is 0 Å². The van der Waals surface area contributed by atoms with Gasteiger partial charge in [0, 0.05) is 12.1 Å². The molecule has 0 aliphatic carbocycles. The Balaban J connectivity index is 2.47. The molecule has 0 radical (unpaired) electrons. The Hall–Kier alpha value is -1.34. The zero-order chi connectivity index (χ0) is 15.9. The summed E-state index contributed by atoms with van der Waals surface area (Å²) in [6, 6.07) is 4.36. The Morgan fingerprint density at radius 3 is 2.57 bits per heavy atom. The molecular formula is C14H23FN2O3S. The second-order valence-corrected chi connectivity index (χ2v) is 6.93. The predicted molar refractivity (Wildman–Crippen MR) is 82.7 cm³/mol. The normalized spacial score (nSPS) is 11.7. The van der Waals surface area contributed by atoms with E-state index in [0.29, 0.717) is 12.5 Å². The van der Waals surface area contributed by atoms with Crippen LogP contribution in [0.3, 0.4) is 0 Å². The number of anilines is 1. The highest BCUT2D eigenvalue weighted by Gasteiger charge is 2.12. The second kappa shape index (κ2) is 8.19. The summed E-state index contributed by atoms with van der Waals surface area (Å²) in [5, 5.41) is 3.22. The molecule has 1 aromatic carbocycles. The van der Waals surface area contributed by atoms with Gasteiger partial charge in [-0.05, 0) is 31.5 Å². The molecule has 5 nitrogen and oxygen atoms in total. The van der Waals surface area contributed by atoms with Crippen molar-refractivity contribution >= 4 is 15.7 Å². The number of methoxy groups -OCH3 is 1. The number of nitrogens with one attached hydrogen (secondary N) is 2. The Morgan fingerprint density at radius 2 is 2.00 bits per heavy atom. The molecule has 7 heteroatoms. The molecule has 1 aromatic rings. The molecule has 0 fully saturated rings. The SMILES string of the molecule is COc1ccc(NS(=O)(=O)CCCCNC(C)C)cc1F. The van der Waals surface area contributed by atoms with Crippen LogP contribution in [-0.2, 0) is 10.0 Å². The van der Waals surface area contributed by atoms with Crippen molar-refractivity contribution in [2.45, 2.75) is 32.7 Å². The minimum absolute atomic E-state index is 0.0143. The molecule has 120 valence electrons. The van der Waals surface area contributed by atoms with Crippen molar-refractivity contribution in [1.29, 1.82) is 0 Å². The number of halogens is 1. The van der Waals surface area contributed by atoms with E-state index in [1.165, 1.54) is 19.2 Å². The van der Waals surface area contributed by atoms with Crippen LogP contribution in [0.2, 0.25) is 0 Å². The van der Waals surface area contributed by atoms with Crippen LogP contribution in [0.5, 0.6) is 5.75 Å². The van der Waals surface area contributed by atoms with E-state index in [-0.39, 0.29) is 17.2 Å². The molecule has 0 saturated carbocycles. The maximum atomic E-state index is 13.5. The van der Waals surface area contributed by atoms with Crippen LogP contribution < -0.4 is 14.8 Å². The monoisotopic (exact) mass is 318 g/mol. The van der Waals surface area contributed by atoms with Gasteiger partial charge >= 0.3 is 0 Å². The fraction of sp³-hybridized carbons (Fsp3) is 0.571. The predicted octanol–water partition coefficient (Wildman–Crippen LogP) is 2.35. The van der Waals surface area contributed by atoms with E-state index < -0.39 is 15.8 Å². The van der Waals surface area contributed by atoms with E-state index in [2.05, 4.69) is 10.0 Å². The molecule has 2 N–H and O–H groups in total. The first-order valence-corrected chi connectivity index (χ1v) is 8.56. The van der Waals surface area contributed by atoms with E-state index in [4.69, 9.17) is 4.74 Å². The molecule has 0 aliphatic rings. The van der Waals surface area contributed by atoms with Gasteiger partial charge in [-0.2, -0.15) is 0 Å². The third kappa shape index (κ3) is 6.77. The number of unbranched alkanes of at least 4 members (excludes halogenated alkanes) is 1. The van der Waals surface area contributed by atoms with Crippen molar-refractivity contribution < 1.29 is 17.5 Å². The minimum atomic E-state index is -3.46. The molecule has 0 heterocycles. The van der Waals surface area contributed by atoms with Gasteiger partial charge < -0.3 is 10.1 Å². The van der Waals surface area contributed by atoms with E-state index in [0.717, 1.165) is 19.0 Å². The first kappa shape index (κ1) is 17.7. The van der Waals surface area contributed by atoms with Crippen molar-refractivity contribution in [1.82, 2.24) is 5.32 Å². The Kier molecular flexibility index (Phi) is 6.91. The fourth-order valence-electron chi connectivity index (χ4n) is 1.77. The highest BCUT2D eigenvalue weighted by atomic mass is 32.2. The molecule has 0 aromatic heterocycles. The lowest BCUT2D eigenvalue weighted by molar-refractivity contribution is 0.386. The average molecular weight is 318 g/mol. The quantitative estimate of drug-likeness (QED) is 0.686. The van der Waals surface area contributed by atoms with Crippen LogP contribution in [0, 0.1) is 5.82 Å². The summed E-state index contributed by atoms with van der Waals surface area (Å²) in [6.45, 7) is 4.86. The van der Waals surface area contributed by atoms with Crippen LogP contribution in [-0.4, -0.2) is 33.9 Å². The first-order chi connectivity index (χ1) is 9.84. The molecule has 0 bridgehead atoms. The summed E-state index contributed by atoms with van der Waals surface area (Å²) in [7, 11) is -2.10. The lowest BCUT2D eigenvalue weighted by Gasteiger charge is -2.10. The number of rotatable bonds is 9. The van der Waals surface area contributed by atoms with Crippen LogP contribution >= 0.6 is 0 Å². The third-order valence-electron chi connectivity index (χ3n) is 2.82. The summed E-state index contributed by atoms with van der Waals surface area (Å²) >= 11 is 0.